The van der Waals surface area contributed by atoms with Crippen molar-refractivity contribution in [2.45, 2.75) is 6.92 Å². The number of rotatable bonds is 2. The van der Waals surface area contributed by atoms with Gasteiger partial charge in [0.2, 0.25) is 0 Å². The summed E-state index contributed by atoms with van der Waals surface area (Å²) in [4.78, 5) is 10.5. The van der Waals surface area contributed by atoms with E-state index in [1.54, 1.807) is 6.92 Å². The lowest BCUT2D eigenvalue weighted by Crippen LogP contribution is -2.16. The summed E-state index contributed by atoms with van der Waals surface area (Å²) in [5, 5.41) is 0. The van der Waals surface area contributed by atoms with E-state index < -0.39 is 20.9 Å². The predicted octanol–water partition coefficient (Wildman–Crippen LogP) is -0.866. The highest BCUT2D eigenvalue weighted by Crippen LogP contribution is 2.17. The van der Waals surface area contributed by atoms with Crippen LogP contribution in [0.15, 0.2) is 15.0 Å². The average molecular weight is 204 g/mol. The van der Waals surface area contributed by atoms with Gasteiger partial charge in [0.1, 0.15) is 0 Å². The molecule has 13 heavy (non-hydrogen) atoms. The number of nitrogens with two attached hydrogens (primary N) is 1. The van der Waals surface area contributed by atoms with E-state index in [0.717, 1.165) is 6.21 Å². The molecule has 0 atom stereocenters. The van der Waals surface area contributed by atoms with Crippen molar-refractivity contribution in [2.75, 3.05) is 6.61 Å². The van der Waals surface area contributed by atoms with Crippen molar-refractivity contribution in [3.8, 4) is 0 Å². The quantitative estimate of drug-likeness (QED) is 0.590. The van der Waals surface area contributed by atoms with Gasteiger partial charge in [0.15, 0.2) is 4.91 Å². The Bertz CT molecular complexity index is 393. The number of hydrogen-bond acceptors (Lipinski definition) is 5. The summed E-state index contributed by atoms with van der Waals surface area (Å²) in [5.41, 5.74) is 5.05. The Morgan fingerprint density at radius 1 is 1.69 bits per heavy atom. The number of nitrogens with zero attached hydrogens (tertiary/aromatic N) is 1. The summed E-state index contributed by atoms with van der Waals surface area (Å²) in [7, 11) is -3.91. The molecule has 2 N–H and O–H groups in total. The number of carbonyl (C=O) groups excluding carboxylic acids is 1. The molecular weight excluding hydrogens is 196 g/mol. The molecule has 1 heterocycles. The van der Waals surface area contributed by atoms with E-state index in [2.05, 4.69) is 9.13 Å². The van der Waals surface area contributed by atoms with Gasteiger partial charge in [-0.2, -0.15) is 12.8 Å². The van der Waals surface area contributed by atoms with Crippen molar-refractivity contribution < 1.29 is 17.9 Å². The standard InChI is InChI=1S/C6H8N2O4S/c1-2-12-6(9)5-4(7)3-8-13(5,10)11/h3H,2,7H2,1H3. The van der Waals surface area contributed by atoms with E-state index in [9.17, 15) is 13.2 Å². The lowest BCUT2D eigenvalue weighted by atomic mass is 10.4. The van der Waals surface area contributed by atoms with Gasteiger partial charge in [0.05, 0.1) is 18.5 Å². The van der Waals surface area contributed by atoms with Gasteiger partial charge in [-0.05, 0) is 6.92 Å². The van der Waals surface area contributed by atoms with Gasteiger partial charge >= 0.3 is 5.97 Å². The maximum atomic E-state index is 11.1. The van der Waals surface area contributed by atoms with Crippen molar-refractivity contribution in [3.05, 3.63) is 10.6 Å². The zero-order chi connectivity index (χ0) is 10.1. The van der Waals surface area contributed by atoms with Gasteiger partial charge in [0, 0.05) is 0 Å². The molecule has 1 aliphatic heterocycles. The van der Waals surface area contributed by atoms with Crippen LogP contribution in [0.3, 0.4) is 0 Å². The minimum Gasteiger partial charge on any atom is -0.462 e. The van der Waals surface area contributed by atoms with Crippen LogP contribution in [0.2, 0.25) is 0 Å². The fourth-order valence-corrected chi connectivity index (χ4v) is 1.78. The summed E-state index contributed by atoms with van der Waals surface area (Å²) >= 11 is 0. The van der Waals surface area contributed by atoms with Gasteiger partial charge in [-0.25, -0.2) is 4.79 Å². The average Bonchev–Trinajstić information content (AvgIpc) is 2.26. The second kappa shape index (κ2) is 3.17. The van der Waals surface area contributed by atoms with Crippen LogP contribution in [0.5, 0.6) is 0 Å². The number of hydrogen-bond donors (Lipinski definition) is 1. The first-order valence-electron chi connectivity index (χ1n) is 3.46. The molecule has 1 rings (SSSR count). The molecule has 0 saturated heterocycles. The highest BCUT2D eigenvalue weighted by atomic mass is 32.2. The Balaban J connectivity index is 3.06. The van der Waals surface area contributed by atoms with E-state index in [1.807, 2.05) is 0 Å². The molecule has 0 aromatic rings. The third-order valence-electron chi connectivity index (χ3n) is 1.31. The highest BCUT2D eigenvalue weighted by molar-refractivity contribution is 7.95. The first-order valence-corrected chi connectivity index (χ1v) is 4.90. The molecule has 0 spiro atoms. The zero-order valence-electron chi connectivity index (χ0n) is 6.85. The van der Waals surface area contributed by atoms with Gasteiger partial charge < -0.3 is 10.5 Å². The Hall–Kier alpha value is -1.37. The van der Waals surface area contributed by atoms with E-state index in [4.69, 9.17) is 5.73 Å². The highest BCUT2D eigenvalue weighted by Gasteiger charge is 2.32. The van der Waals surface area contributed by atoms with Gasteiger partial charge in [0.25, 0.3) is 10.0 Å². The Labute approximate surface area is 75.1 Å². The van der Waals surface area contributed by atoms with Crippen LogP contribution >= 0.6 is 0 Å². The molecule has 1 aliphatic rings. The third-order valence-corrected chi connectivity index (χ3v) is 2.61. The fraction of sp³-hybridized carbons (Fsp3) is 0.333. The van der Waals surface area contributed by atoms with Crippen LogP contribution in [-0.4, -0.2) is 27.2 Å². The number of ether oxygens (including phenoxy) is 1. The Kier molecular flexibility index (Phi) is 2.37. The van der Waals surface area contributed by atoms with E-state index in [0.29, 0.717) is 0 Å². The SMILES string of the molecule is CCOC(=O)C1=C(N)C=NS1(=O)=O. The zero-order valence-corrected chi connectivity index (χ0v) is 7.67. The second-order valence-electron chi connectivity index (χ2n) is 2.21. The predicted molar refractivity (Wildman–Crippen MR) is 45.3 cm³/mol. The molecule has 0 aromatic heterocycles. The van der Waals surface area contributed by atoms with E-state index in [-0.39, 0.29) is 12.3 Å². The molecule has 0 unspecified atom stereocenters. The molecule has 0 saturated carbocycles. The molecule has 0 amide bonds. The molecule has 0 fully saturated rings. The van der Waals surface area contributed by atoms with Crippen LogP contribution in [0.25, 0.3) is 0 Å². The molecule has 0 aliphatic carbocycles. The van der Waals surface area contributed by atoms with Crippen LogP contribution < -0.4 is 5.73 Å². The second-order valence-corrected chi connectivity index (χ2v) is 3.78. The van der Waals surface area contributed by atoms with Crippen molar-refractivity contribution in [1.29, 1.82) is 0 Å². The number of allylic oxidation sites excluding steroid dienone is 1. The van der Waals surface area contributed by atoms with Crippen LogP contribution in [0.4, 0.5) is 0 Å². The molecule has 0 bridgehead atoms. The summed E-state index contributed by atoms with van der Waals surface area (Å²) in [6.07, 6.45) is 0.918. The number of carbonyl (C=O) groups is 1. The maximum absolute atomic E-state index is 11.1. The molecular formula is C6H8N2O4S. The first kappa shape index (κ1) is 9.72. The lowest BCUT2D eigenvalue weighted by molar-refractivity contribution is -0.137. The van der Waals surface area contributed by atoms with Gasteiger partial charge in [-0.3, -0.25) is 0 Å². The molecule has 6 nitrogen and oxygen atoms in total. The summed E-state index contributed by atoms with van der Waals surface area (Å²) < 4.78 is 29.7. The van der Waals surface area contributed by atoms with Crippen molar-refractivity contribution in [2.24, 2.45) is 10.1 Å². The lowest BCUT2D eigenvalue weighted by Gasteiger charge is -2.01. The monoisotopic (exact) mass is 204 g/mol. The van der Waals surface area contributed by atoms with Crippen LogP contribution in [0.1, 0.15) is 6.92 Å². The summed E-state index contributed by atoms with van der Waals surface area (Å²) in [5.74, 6) is -0.961. The Morgan fingerprint density at radius 3 is 2.69 bits per heavy atom. The number of sulfonamides is 1. The smallest absolute Gasteiger partial charge is 0.354 e. The van der Waals surface area contributed by atoms with Crippen LogP contribution in [-0.2, 0) is 19.6 Å². The van der Waals surface area contributed by atoms with Crippen LogP contribution in [0, 0.1) is 0 Å². The molecule has 0 aromatic carbocycles. The molecule has 7 heteroatoms. The fourth-order valence-electron chi connectivity index (χ4n) is 0.806. The summed E-state index contributed by atoms with van der Waals surface area (Å²) in [6.45, 7) is 1.65. The third kappa shape index (κ3) is 1.69. The Morgan fingerprint density at radius 2 is 2.31 bits per heavy atom. The minimum absolute atomic E-state index is 0.0884. The van der Waals surface area contributed by atoms with Gasteiger partial charge in [-0.15, -0.1) is 0 Å². The molecule has 72 valence electrons. The topological polar surface area (TPSA) is 98.8 Å². The molecule has 0 radical (unpaired) electrons. The minimum atomic E-state index is -3.91. The van der Waals surface area contributed by atoms with Gasteiger partial charge in [-0.1, -0.05) is 0 Å². The summed E-state index contributed by atoms with van der Waals surface area (Å²) in [6, 6.07) is 0. The van der Waals surface area contributed by atoms with E-state index in [1.165, 1.54) is 0 Å². The van der Waals surface area contributed by atoms with E-state index >= 15 is 0 Å². The first-order chi connectivity index (χ1) is 5.99. The van der Waals surface area contributed by atoms with Crippen molar-refractivity contribution >= 4 is 22.2 Å². The van der Waals surface area contributed by atoms with Crippen molar-refractivity contribution in [3.63, 3.8) is 0 Å². The number of esters is 1. The largest absolute Gasteiger partial charge is 0.462 e. The normalized spacial score (nSPS) is 19.2. The van der Waals surface area contributed by atoms with Crippen molar-refractivity contribution in [1.82, 2.24) is 0 Å². The maximum Gasteiger partial charge on any atom is 0.354 e.